The topological polar surface area (TPSA) is 42.7 Å². The minimum Gasteiger partial charge on any atom is -0.313 e. The lowest BCUT2D eigenvalue weighted by Crippen LogP contribution is -2.25. The smallest absolute Gasteiger partial charge is 0.138 e. The largest absolute Gasteiger partial charge is 0.313 e. The third-order valence-electron chi connectivity index (χ3n) is 3.81. The SMILES string of the molecule is Cn1ncnc1CC(CNC1CC1)c1ccccc1Cl. The van der Waals surface area contributed by atoms with Crippen molar-refractivity contribution in [3.63, 3.8) is 0 Å². The Hall–Kier alpha value is -1.39. The molecule has 0 spiro atoms. The first-order valence-corrected chi connectivity index (χ1v) is 7.42. The highest BCUT2D eigenvalue weighted by Gasteiger charge is 2.24. The van der Waals surface area contributed by atoms with Gasteiger partial charge in [-0.25, -0.2) is 4.98 Å². The van der Waals surface area contributed by atoms with Crippen LogP contribution < -0.4 is 5.32 Å². The second kappa shape index (κ2) is 5.94. The van der Waals surface area contributed by atoms with E-state index >= 15 is 0 Å². The molecule has 1 unspecified atom stereocenters. The van der Waals surface area contributed by atoms with E-state index in [0.29, 0.717) is 12.0 Å². The number of hydrogen-bond acceptors (Lipinski definition) is 3. The average molecular weight is 291 g/mol. The highest BCUT2D eigenvalue weighted by molar-refractivity contribution is 6.31. The molecule has 0 aliphatic heterocycles. The zero-order chi connectivity index (χ0) is 13.9. The summed E-state index contributed by atoms with van der Waals surface area (Å²) in [6, 6.07) is 8.77. The van der Waals surface area contributed by atoms with Crippen molar-refractivity contribution in [3.8, 4) is 0 Å². The van der Waals surface area contributed by atoms with Crippen LogP contribution in [0.2, 0.25) is 5.02 Å². The van der Waals surface area contributed by atoms with Gasteiger partial charge in [-0.05, 0) is 24.5 Å². The molecule has 3 rings (SSSR count). The van der Waals surface area contributed by atoms with Gasteiger partial charge in [0.05, 0.1) is 0 Å². The molecular weight excluding hydrogens is 272 g/mol. The maximum Gasteiger partial charge on any atom is 0.138 e. The Kier molecular flexibility index (Phi) is 4.03. The summed E-state index contributed by atoms with van der Waals surface area (Å²) in [5.41, 5.74) is 1.19. The molecule has 0 radical (unpaired) electrons. The molecule has 1 aliphatic rings. The normalized spacial score (nSPS) is 16.3. The van der Waals surface area contributed by atoms with Crippen LogP contribution in [0.3, 0.4) is 0 Å². The molecule has 106 valence electrons. The molecule has 1 aliphatic carbocycles. The molecule has 5 heteroatoms. The van der Waals surface area contributed by atoms with E-state index in [1.165, 1.54) is 18.4 Å². The van der Waals surface area contributed by atoms with Crippen LogP contribution in [0.25, 0.3) is 0 Å². The first-order valence-electron chi connectivity index (χ1n) is 7.04. The van der Waals surface area contributed by atoms with E-state index in [1.54, 1.807) is 6.33 Å². The van der Waals surface area contributed by atoms with Crippen molar-refractivity contribution in [1.82, 2.24) is 20.1 Å². The molecule has 0 saturated heterocycles. The maximum absolute atomic E-state index is 6.36. The molecule has 20 heavy (non-hydrogen) atoms. The van der Waals surface area contributed by atoms with Gasteiger partial charge in [-0.3, -0.25) is 4.68 Å². The molecule has 1 N–H and O–H groups in total. The molecule has 1 aromatic heterocycles. The van der Waals surface area contributed by atoms with Gasteiger partial charge >= 0.3 is 0 Å². The first kappa shape index (κ1) is 13.6. The summed E-state index contributed by atoms with van der Waals surface area (Å²) in [6.45, 7) is 0.932. The van der Waals surface area contributed by atoms with Crippen molar-refractivity contribution >= 4 is 11.6 Å². The number of aromatic nitrogens is 3. The van der Waals surface area contributed by atoms with Gasteiger partial charge in [0.1, 0.15) is 12.2 Å². The van der Waals surface area contributed by atoms with E-state index in [4.69, 9.17) is 11.6 Å². The van der Waals surface area contributed by atoms with Gasteiger partial charge in [0, 0.05) is 37.0 Å². The lowest BCUT2D eigenvalue weighted by molar-refractivity contribution is 0.551. The number of hydrogen-bond donors (Lipinski definition) is 1. The summed E-state index contributed by atoms with van der Waals surface area (Å²) in [5, 5.41) is 8.57. The van der Waals surface area contributed by atoms with E-state index in [2.05, 4.69) is 21.5 Å². The van der Waals surface area contributed by atoms with E-state index in [9.17, 15) is 0 Å². The van der Waals surface area contributed by atoms with Crippen LogP contribution in [-0.2, 0) is 13.5 Å². The van der Waals surface area contributed by atoms with Gasteiger partial charge in [0.15, 0.2) is 0 Å². The summed E-state index contributed by atoms with van der Waals surface area (Å²) >= 11 is 6.36. The molecule has 0 bridgehead atoms. The number of benzene rings is 1. The second-order valence-corrected chi connectivity index (χ2v) is 5.81. The highest BCUT2D eigenvalue weighted by Crippen LogP contribution is 2.28. The molecule has 1 fully saturated rings. The Labute approximate surface area is 124 Å². The van der Waals surface area contributed by atoms with E-state index in [0.717, 1.165) is 23.8 Å². The molecule has 1 heterocycles. The number of nitrogens with zero attached hydrogens (tertiary/aromatic N) is 3. The van der Waals surface area contributed by atoms with Crippen molar-refractivity contribution in [2.45, 2.75) is 31.2 Å². The fraction of sp³-hybridized carbons (Fsp3) is 0.467. The monoisotopic (exact) mass is 290 g/mol. The van der Waals surface area contributed by atoms with Crippen LogP contribution in [0.15, 0.2) is 30.6 Å². The van der Waals surface area contributed by atoms with Crippen molar-refractivity contribution in [1.29, 1.82) is 0 Å². The second-order valence-electron chi connectivity index (χ2n) is 5.40. The van der Waals surface area contributed by atoms with Crippen LogP contribution in [0.4, 0.5) is 0 Å². The summed E-state index contributed by atoms with van der Waals surface area (Å²) in [4.78, 5) is 4.33. The Bertz CT molecular complexity index is 577. The van der Waals surface area contributed by atoms with Gasteiger partial charge in [-0.15, -0.1) is 0 Å². The number of nitrogens with one attached hydrogen (secondary N) is 1. The zero-order valence-corrected chi connectivity index (χ0v) is 12.3. The van der Waals surface area contributed by atoms with Crippen LogP contribution >= 0.6 is 11.6 Å². The van der Waals surface area contributed by atoms with Gasteiger partial charge in [0.2, 0.25) is 0 Å². The summed E-state index contributed by atoms with van der Waals surface area (Å²) in [7, 11) is 1.93. The zero-order valence-electron chi connectivity index (χ0n) is 11.6. The lowest BCUT2D eigenvalue weighted by Gasteiger charge is -2.19. The van der Waals surface area contributed by atoms with Crippen LogP contribution in [0.1, 0.15) is 30.1 Å². The Morgan fingerprint density at radius 3 is 2.85 bits per heavy atom. The third-order valence-corrected chi connectivity index (χ3v) is 4.15. The van der Waals surface area contributed by atoms with E-state index < -0.39 is 0 Å². The quantitative estimate of drug-likeness (QED) is 0.889. The predicted molar refractivity (Wildman–Crippen MR) is 79.9 cm³/mol. The van der Waals surface area contributed by atoms with E-state index in [-0.39, 0.29) is 0 Å². The van der Waals surface area contributed by atoms with Crippen molar-refractivity contribution in [3.05, 3.63) is 47.0 Å². The van der Waals surface area contributed by atoms with Gasteiger partial charge < -0.3 is 5.32 Å². The van der Waals surface area contributed by atoms with Gasteiger partial charge in [-0.2, -0.15) is 5.10 Å². The van der Waals surface area contributed by atoms with Gasteiger partial charge in [0.25, 0.3) is 0 Å². The van der Waals surface area contributed by atoms with Crippen molar-refractivity contribution in [2.75, 3.05) is 6.54 Å². The third kappa shape index (κ3) is 3.19. The fourth-order valence-corrected chi connectivity index (χ4v) is 2.71. The number of halogens is 1. The molecule has 2 aromatic rings. The summed E-state index contributed by atoms with van der Waals surface area (Å²) in [6.07, 6.45) is 5.03. The van der Waals surface area contributed by atoms with Crippen LogP contribution in [0, 0.1) is 0 Å². The number of aryl methyl sites for hydroxylation is 1. The predicted octanol–water partition coefficient (Wildman–Crippen LogP) is 2.55. The van der Waals surface area contributed by atoms with Crippen molar-refractivity contribution < 1.29 is 0 Å². The fourth-order valence-electron chi connectivity index (χ4n) is 2.42. The Morgan fingerprint density at radius 1 is 1.40 bits per heavy atom. The number of rotatable bonds is 6. The molecular formula is C15H19ClN4. The molecule has 1 aromatic carbocycles. The minimum atomic E-state index is 0.326. The average Bonchev–Trinajstić information content (AvgIpc) is 3.19. The van der Waals surface area contributed by atoms with Crippen molar-refractivity contribution in [2.24, 2.45) is 7.05 Å². The molecule has 4 nitrogen and oxygen atoms in total. The standard InChI is InChI=1S/C15H19ClN4/c1-20-15(18-10-19-20)8-11(9-17-12-6-7-12)13-4-2-3-5-14(13)16/h2-5,10-12,17H,6-9H2,1H3. The lowest BCUT2D eigenvalue weighted by atomic mass is 9.95. The Morgan fingerprint density at radius 2 is 2.20 bits per heavy atom. The minimum absolute atomic E-state index is 0.326. The summed E-state index contributed by atoms with van der Waals surface area (Å²) in [5.74, 6) is 1.32. The summed E-state index contributed by atoms with van der Waals surface area (Å²) < 4.78 is 1.83. The van der Waals surface area contributed by atoms with Gasteiger partial charge in [-0.1, -0.05) is 29.8 Å². The van der Waals surface area contributed by atoms with E-state index in [1.807, 2.05) is 29.9 Å². The first-order chi connectivity index (χ1) is 9.74. The highest BCUT2D eigenvalue weighted by atomic mass is 35.5. The molecule has 0 amide bonds. The molecule has 1 atom stereocenters. The Balaban J connectivity index is 1.79. The maximum atomic E-state index is 6.36. The van der Waals surface area contributed by atoms with Crippen LogP contribution in [0.5, 0.6) is 0 Å². The molecule has 1 saturated carbocycles. The van der Waals surface area contributed by atoms with Crippen LogP contribution in [-0.4, -0.2) is 27.4 Å².